The van der Waals surface area contributed by atoms with Crippen molar-refractivity contribution in [2.45, 2.75) is 12.3 Å². The van der Waals surface area contributed by atoms with Gasteiger partial charge in [-0.2, -0.15) is 0 Å². The van der Waals surface area contributed by atoms with Gasteiger partial charge in [-0.05, 0) is 35.9 Å². The molecule has 7 heteroatoms. The Kier molecular flexibility index (Phi) is 6.22. The van der Waals surface area contributed by atoms with Crippen molar-refractivity contribution in [2.75, 3.05) is 7.05 Å². The van der Waals surface area contributed by atoms with Crippen LogP contribution in [-0.2, 0) is 27.1 Å². The Hall–Kier alpha value is -2.51. The molecule has 2 aromatic rings. The van der Waals surface area contributed by atoms with Crippen LogP contribution in [0.5, 0.6) is 0 Å². The average molecular weight is 345 g/mol. The van der Waals surface area contributed by atoms with Crippen LogP contribution in [0.15, 0.2) is 54.9 Å². The summed E-state index contributed by atoms with van der Waals surface area (Å²) in [5, 5.41) is 2.77. The summed E-state index contributed by atoms with van der Waals surface area (Å²) < 4.78 is 25.2. The van der Waals surface area contributed by atoms with E-state index >= 15 is 0 Å². The molecule has 0 aliphatic carbocycles. The highest BCUT2D eigenvalue weighted by Crippen LogP contribution is 2.07. The van der Waals surface area contributed by atoms with Crippen LogP contribution in [0.1, 0.15) is 16.7 Å². The standard InChI is InChI=1S/C17H19N3O3S/c1-18-24(22,23)13-16-6-4-15(5-7-16)12-20-17(21)9-8-14-3-2-10-19-11-14/h2-11,18H,12-13H2,1H3,(H,20,21)/b9-8+. The molecule has 0 unspecified atom stereocenters. The van der Waals surface area contributed by atoms with Crippen molar-refractivity contribution >= 4 is 22.0 Å². The minimum atomic E-state index is -3.28. The van der Waals surface area contributed by atoms with Gasteiger partial charge in [-0.3, -0.25) is 9.78 Å². The molecule has 0 atom stereocenters. The highest BCUT2D eigenvalue weighted by Gasteiger charge is 2.08. The van der Waals surface area contributed by atoms with E-state index in [1.165, 1.54) is 13.1 Å². The van der Waals surface area contributed by atoms with Crippen LogP contribution in [-0.4, -0.2) is 26.4 Å². The van der Waals surface area contributed by atoms with E-state index < -0.39 is 10.0 Å². The van der Waals surface area contributed by atoms with Gasteiger partial charge in [0.1, 0.15) is 0 Å². The molecule has 24 heavy (non-hydrogen) atoms. The van der Waals surface area contributed by atoms with E-state index in [2.05, 4.69) is 15.0 Å². The van der Waals surface area contributed by atoms with Gasteiger partial charge in [0.15, 0.2) is 0 Å². The molecule has 1 heterocycles. The first kappa shape index (κ1) is 17.8. The van der Waals surface area contributed by atoms with Crippen molar-refractivity contribution in [2.24, 2.45) is 0 Å². The zero-order chi connectivity index (χ0) is 17.4. The van der Waals surface area contributed by atoms with Crippen molar-refractivity contribution in [1.82, 2.24) is 15.0 Å². The van der Waals surface area contributed by atoms with Crippen molar-refractivity contribution in [3.8, 4) is 0 Å². The molecular formula is C17H19N3O3S. The monoisotopic (exact) mass is 345 g/mol. The van der Waals surface area contributed by atoms with E-state index in [0.29, 0.717) is 12.1 Å². The summed E-state index contributed by atoms with van der Waals surface area (Å²) in [5.74, 6) is -0.273. The van der Waals surface area contributed by atoms with Gasteiger partial charge >= 0.3 is 0 Å². The second kappa shape index (κ2) is 8.37. The van der Waals surface area contributed by atoms with E-state index in [9.17, 15) is 13.2 Å². The normalized spacial score (nSPS) is 11.5. The second-order valence-electron chi connectivity index (χ2n) is 5.12. The first-order valence-corrected chi connectivity index (χ1v) is 8.99. The quantitative estimate of drug-likeness (QED) is 0.744. The first-order valence-electron chi connectivity index (χ1n) is 7.33. The number of benzene rings is 1. The molecule has 0 fully saturated rings. The molecule has 2 N–H and O–H groups in total. The maximum Gasteiger partial charge on any atom is 0.244 e. The van der Waals surface area contributed by atoms with Gasteiger partial charge in [-0.1, -0.05) is 30.3 Å². The maximum absolute atomic E-state index is 11.8. The Bertz CT molecular complexity index is 801. The van der Waals surface area contributed by atoms with E-state index in [4.69, 9.17) is 0 Å². The number of sulfonamides is 1. The molecule has 126 valence electrons. The molecule has 0 radical (unpaired) electrons. The van der Waals surface area contributed by atoms with Gasteiger partial charge in [-0.15, -0.1) is 0 Å². The molecule has 2 rings (SSSR count). The van der Waals surface area contributed by atoms with E-state index in [0.717, 1.165) is 11.1 Å². The van der Waals surface area contributed by atoms with Crippen LogP contribution in [0.25, 0.3) is 6.08 Å². The minimum absolute atomic E-state index is 0.0655. The second-order valence-corrected chi connectivity index (χ2v) is 7.04. The van der Waals surface area contributed by atoms with Gasteiger partial charge in [0.2, 0.25) is 15.9 Å². The highest BCUT2D eigenvalue weighted by molar-refractivity contribution is 7.88. The van der Waals surface area contributed by atoms with Crippen LogP contribution >= 0.6 is 0 Å². The summed E-state index contributed by atoms with van der Waals surface area (Å²) in [5.41, 5.74) is 2.43. The number of nitrogens with zero attached hydrogens (tertiary/aromatic N) is 1. The summed E-state index contributed by atoms with van der Waals surface area (Å²) >= 11 is 0. The van der Waals surface area contributed by atoms with Crippen LogP contribution in [0.3, 0.4) is 0 Å². The van der Waals surface area contributed by atoms with Crippen LogP contribution < -0.4 is 10.0 Å². The predicted molar refractivity (Wildman–Crippen MR) is 93.2 cm³/mol. The third kappa shape index (κ3) is 5.94. The fourth-order valence-corrected chi connectivity index (χ4v) is 2.72. The van der Waals surface area contributed by atoms with E-state index in [1.807, 2.05) is 6.07 Å². The Morgan fingerprint density at radius 1 is 1.17 bits per heavy atom. The molecule has 0 spiro atoms. The topological polar surface area (TPSA) is 88.2 Å². The summed E-state index contributed by atoms with van der Waals surface area (Å²) in [4.78, 5) is 15.7. The number of carbonyl (C=O) groups is 1. The van der Waals surface area contributed by atoms with Crippen LogP contribution in [0.4, 0.5) is 0 Å². The zero-order valence-corrected chi connectivity index (χ0v) is 14.1. The molecule has 1 aromatic carbocycles. The number of nitrogens with one attached hydrogen (secondary N) is 2. The third-order valence-corrected chi connectivity index (χ3v) is 4.60. The van der Waals surface area contributed by atoms with Crippen molar-refractivity contribution in [1.29, 1.82) is 0 Å². The van der Waals surface area contributed by atoms with E-state index in [1.54, 1.807) is 48.8 Å². The van der Waals surface area contributed by atoms with Crippen molar-refractivity contribution < 1.29 is 13.2 Å². The Morgan fingerprint density at radius 3 is 2.50 bits per heavy atom. The van der Waals surface area contributed by atoms with Gasteiger partial charge in [-0.25, -0.2) is 13.1 Å². The van der Waals surface area contributed by atoms with Gasteiger partial charge < -0.3 is 5.32 Å². The maximum atomic E-state index is 11.8. The summed E-state index contributed by atoms with van der Waals surface area (Å²) in [7, 11) is -1.89. The average Bonchev–Trinajstić information content (AvgIpc) is 2.60. The molecule has 6 nitrogen and oxygen atoms in total. The minimum Gasteiger partial charge on any atom is -0.348 e. The Labute approximate surface area is 141 Å². The van der Waals surface area contributed by atoms with Gasteiger partial charge in [0.05, 0.1) is 5.75 Å². The predicted octanol–water partition coefficient (Wildman–Crippen LogP) is 1.46. The molecule has 0 aliphatic rings. The largest absolute Gasteiger partial charge is 0.348 e. The number of aromatic nitrogens is 1. The molecule has 1 aromatic heterocycles. The lowest BCUT2D eigenvalue weighted by molar-refractivity contribution is -0.116. The highest BCUT2D eigenvalue weighted by atomic mass is 32.2. The lowest BCUT2D eigenvalue weighted by atomic mass is 10.1. The number of hydrogen-bond acceptors (Lipinski definition) is 4. The summed E-state index contributed by atoms with van der Waals surface area (Å²) in [6.45, 7) is 0.370. The number of hydrogen-bond donors (Lipinski definition) is 2. The zero-order valence-electron chi connectivity index (χ0n) is 13.3. The van der Waals surface area contributed by atoms with Gasteiger partial charge in [0.25, 0.3) is 0 Å². The summed E-state index contributed by atoms with van der Waals surface area (Å²) in [6.07, 6.45) is 6.48. The first-order chi connectivity index (χ1) is 11.5. The fraction of sp³-hybridized carbons (Fsp3) is 0.176. The lowest BCUT2D eigenvalue weighted by Gasteiger charge is -2.05. The number of carbonyl (C=O) groups excluding carboxylic acids is 1. The molecule has 0 saturated carbocycles. The smallest absolute Gasteiger partial charge is 0.244 e. The molecule has 0 bridgehead atoms. The third-order valence-electron chi connectivity index (χ3n) is 3.27. The molecule has 0 saturated heterocycles. The van der Waals surface area contributed by atoms with Crippen LogP contribution in [0.2, 0.25) is 0 Å². The van der Waals surface area contributed by atoms with Crippen LogP contribution in [0, 0.1) is 0 Å². The molecular weight excluding hydrogens is 326 g/mol. The van der Waals surface area contributed by atoms with E-state index in [-0.39, 0.29) is 11.7 Å². The van der Waals surface area contributed by atoms with Crippen molar-refractivity contribution in [3.05, 3.63) is 71.6 Å². The SMILES string of the molecule is CNS(=O)(=O)Cc1ccc(CNC(=O)/C=C/c2cccnc2)cc1. The lowest BCUT2D eigenvalue weighted by Crippen LogP contribution is -2.21. The summed E-state index contributed by atoms with van der Waals surface area (Å²) in [6, 6.07) is 10.7. The molecule has 1 amide bonds. The van der Waals surface area contributed by atoms with Gasteiger partial charge in [0, 0.05) is 25.0 Å². The Balaban J connectivity index is 1.86. The Morgan fingerprint density at radius 2 is 1.88 bits per heavy atom. The number of amides is 1. The number of pyridine rings is 1. The fourth-order valence-electron chi connectivity index (χ4n) is 1.94. The van der Waals surface area contributed by atoms with Crippen molar-refractivity contribution in [3.63, 3.8) is 0 Å². The number of rotatable bonds is 7. The molecule has 0 aliphatic heterocycles.